The molecule has 10 heteroatoms. The summed E-state index contributed by atoms with van der Waals surface area (Å²) in [6.07, 6.45) is -4.92. The molecule has 2 aromatic rings. The summed E-state index contributed by atoms with van der Waals surface area (Å²) in [4.78, 5) is 12.2. The second kappa shape index (κ2) is 7.04. The first kappa shape index (κ1) is 19.9. The van der Waals surface area contributed by atoms with Crippen LogP contribution in [0.3, 0.4) is 0 Å². The zero-order valence-electron chi connectivity index (χ0n) is 13.6. The predicted octanol–water partition coefficient (Wildman–Crippen LogP) is 3.31. The van der Waals surface area contributed by atoms with E-state index < -0.39 is 33.5 Å². The van der Waals surface area contributed by atoms with E-state index >= 15 is 0 Å². The highest BCUT2D eigenvalue weighted by atomic mass is 32.2. The van der Waals surface area contributed by atoms with Crippen LogP contribution >= 0.6 is 0 Å². The van der Waals surface area contributed by atoms with E-state index in [-0.39, 0.29) is 16.1 Å². The van der Waals surface area contributed by atoms with Crippen molar-refractivity contribution in [3.05, 3.63) is 58.9 Å². The van der Waals surface area contributed by atoms with Crippen molar-refractivity contribution in [2.45, 2.75) is 18.0 Å². The number of hydrogen-bond acceptors (Lipinski definition) is 3. The topological polar surface area (TPSA) is 75.3 Å². The molecule has 0 aliphatic rings. The maximum absolute atomic E-state index is 13.3. The van der Waals surface area contributed by atoms with E-state index in [0.29, 0.717) is 17.7 Å². The van der Waals surface area contributed by atoms with Crippen molar-refractivity contribution in [1.29, 1.82) is 0 Å². The molecule has 2 rings (SSSR count). The second-order valence-electron chi connectivity index (χ2n) is 5.33. The van der Waals surface area contributed by atoms with Crippen molar-refractivity contribution in [1.82, 2.24) is 4.72 Å². The summed E-state index contributed by atoms with van der Waals surface area (Å²) in [5, 5.41) is 2.21. The van der Waals surface area contributed by atoms with Crippen LogP contribution in [0.5, 0.6) is 0 Å². The molecule has 140 valence electrons. The number of anilines is 1. The Balaban J connectivity index is 2.38. The average molecular weight is 390 g/mol. The molecule has 0 bridgehead atoms. The lowest BCUT2D eigenvalue weighted by Crippen LogP contribution is -2.20. The monoisotopic (exact) mass is 390 g/mol. The summed E-state index contributed by atoms with van der Waals surface area (Å²) in [5.74, 6) is -2.29. The Labute approximate surface area is 147 Å². The Morgan fingerprint density at radius 3 is 2.31 bits per heavy atom. The van der Waals surface area contributed by atoms with Crippen LogP contribution in [0.1, 0.15) is 21.5 Å². The molecule has 0 radical (unpaired) electrons. The molecule has 5 nitrogen and oxygen atoms in total. The molecule has 0 spiro atoms. The summed E-state index contributed by atoms with van der Waals surface area (Å²) >= 11 is 0. The number of amides is 1. The molecule has 26 heavy (non-hydrogen) atoms. The van der Waals surface area contributed by atoms with Crippen molar-refractivity contribution >= 4 is 21.6 Å². The van der Waals surface area contributed by atoms with Crippen molar-refractivity contribution in [2.75, 3.05) is 12.4 Å². The fourth-order valence-electron chi connectivity index (χ4n) is 2.15. The molecular formula is C16H14F4N2O3S. The van der Waals surface area contributed by atoms with Crippen LogP contribution in [0.15, 0.2) is 41.3 Å². The Kier molecular flexibility index (Phi) is 5.38. The van der Waals surface area contributed by atoms with Gasteiger partial charge < -0.3 is 5.32 Å². The quantitative estimate of drug-likeness (QED) is 0.787. The summed E-state index contributed by atoms with van der Waals surface area (Å²) in [7, 11) is -2.60. The largest absolute Gasteiger partial charge is 0.419 e. The standard InChI is InChI=1S/C16H14F4N2O3S/c1-9-3-5-11(26(24,25)21-2)8-12(9)15(23)22-10-4-6-14(17)13(7-10)16(18,19)20/h3-8,21H,1-2H3,(H,22,23). The molecule has 0 aliphatic heterocycles. The maximum atomic E-state index is 13.3. The van der Waals surface area contributed by atoms with E-state index in [4.69, 9.17) is 0 Å². The van der Waals surface area contributed by atoms with Crippen molar-refractivity contribution in [3.8, 4) is 0 Å². The number of nitrogens with one attached hydrogen (secondary N) is 2. The minimum atomic E-state index is -4.92. The van der Waals surface area contributed by atoms with E-state index in [0.717, 1.165) is 12.1 Å². The highest BCUT2D eigenvalue weighted by Gasteiger charge is 2.34. The molecule has 0 aliphatic carbocycles. The van der Waals surface area contributed by atoms with Crippen LogP contribution in [0.25, 0.3) is 0 Å². The highest BCUT2D eigenvalue weighted by molar-refractivity contribution is 7.89. The third-order valence-corrected chi connectivity index (χ3v) is 4.97. The molecule has 1 amide bonds. The number of rotatable bonds is 4. The van der Waals surface area contributed by atoms with E-state index in [1.807, 2.05) is 0 Å². The van der Waals surface area contributed by atoms with Gasteiger partial charge in [0.05, 0.1) is 10.5 Å². The Bertz CT molecular complexity index is 956. The van der Waals surface area contributed by atoms with Gasteiger partial charge in [-0.15, -0.1) is 0 Å². The predicted molar refractivity (Wildman–Crippen MR) is 86.8 cm³/mol. The lowest BCUT2D eigenvalue weighted by atomic mass is 10.1. The van der Waals surface area contributed by atoms with Gasteiger partial charge in [0.2, 0.25) is 10.0 Å². The van der Waals surface area contributed by atoms with Crippen LogP contribution in [0.2, 0.25) is 0 Å². The van der Waals surface area contributed by atoms with Crippen molar-refractivity contribution in [2.24, 2.45) is 0 Å². The van der Waals surface area contributed by atoms with Gasteiger partial charge in [-0.05, 0) is 49.9 Å². The van der Waals surface area contributed by atoms with Gasteiger partial charge in [0.1, 0.15) is 5.82 Å². The van der Waals surface area contributed by atoms with Gasteiger partial charge in [-0.25, -0.2) is 17.5 Å². The number of alkyl halides is 3. The molecule has 0 heterocycles. The minimum Gasteiger partial charge on any atom is -0.322 e. The average Bonchev–Trinajstić information content (AvgIpc) is 2.55. The summed E-state index contributed by atoms with van der Waals surface area (Å²) in [5.41, 5.74) is -1.42. The van der Waals surface area contributed by atoms with Crippen LogP contribution in [0, 0.1) is 12.7 Å². The SMILES string of the molecule is CNS(=O)(=O)c1ccc(C)c(C(=O)Nc2ccc(F)c(C(F)(F)F)c2)c1. The number of aryl methyl sites for hydroxylation is 1. The van der Waals surface area contributed by atoms with Crippen LogP contribution in [-0.2, 0) is 16.2 Å². The lowest BCUT2D eigenvalue weighted by Gasteiger charge is -2.12. The fourth-order valence-corrected chi connectivity index (χ4v) is 2.91. The van der Waals surface area contributed by atoms with Crippen LogP contribution in [-0.4, -0.2) is 21.4 Å². The number of carbonyl (C=O) groups is 1. The molecule has 0 saturated carbocycles. The molecular weight excluding hydrogens is 376 g/mol. The summed E-state index contributed by atoms with van der Waals surface area (Å²) < 4.78 is 77.3. The highest BCUT2D eigenvalue weighted by Crippen LogP contribution is 2.33. The van der Waals surface area contributed by atoms with E-state index in [1.165, 1.54) is 26.1 Å². The second-order valence-corrected chi connectivity index (χ2v) is 7.22. The van der Waals surface area contributed by atoms with E-state index in [9.17, 15) is 30.8 Å². The van der Waals surface area contributed by atoms with Gasteiger partial charge in [0.15, 0.2) is 0 Å². The van der Waals surface area contributed by atoms with Gasteiger partial charge in [-0.1, -0.05) is 6.07 Å². The minimum absolute atomic E-state index is 0.0424. The van der Waals surface area contributed by atoms with Crippen LogP contribution in [0.4, 0.5) is 23.2 Å². The number of carbonyl (C=O) groups excluding carboxylic acids is 1. The summed E-state index contributed by atoms with van der Waals surface area (Å²) in [6.45, 7) is 1.54. The number of sulfonamides is 1. The van der Waals surface area contributed by atoms with Crippen molar-refractivity contribution in [3.63, 3.8) is 0 Å². The first-order chi connectivity index (χ1) is 12.0. The van der Waals surface area contributed by atoms with Crippen molar-refractivity contribution < 1.29 is 30.8 Å². The number of benzene rings is 2. The van der Waals surface area contributed by atoms with Crippen LogP contribution < -0.4 is 10.0 Å². The Morgan fingerprint density at radius 1 is 1.08 bits per heavy atom. The molecule has 0 aromatic heterocycles. The normalized spacial score (nSPS) is 12.1. The zero-order valence-corrected chi connectivity index (χ0v) is 14.4. The van der Waals surface area contributed by atoms with Gasteiger partial charge in [-0.3, -0.25) is 4.79 Å². The van der Waals surface area contributed by atoms with Gasteiger partial charge in [0.25, 0.3) is 5.91 Å². The molecule has 0 atom stereocenters. The van der Waals surface area contributed by atoms with E-state index in [1.54, 1.807) is 0 Å². The molecule has 0 unspecified atom stereocenters. The lowest BCUT2D eigenvalue weighted by molar-refractivity contribution is -0.139. The number of halogens is 4. The Hall–Kier alpha value is -2.46. The molecule has 0 fully saturated rings. The first-order valence-electron chi connectivity index (χ1n) is 7.18. The summed E-state index contributed by atoms with van der Waals surface area (Å²) in [6, 6.07) is 5.82. The molecule has 0 saturated heterocycles. The maximum Gasteiger partial charge on any atom is 0.419 e. The van der Waals surface area contributed by atoms with E-state index in [2.05, 4.69) is 10.0 Å². The molecule has 2 aromatic carbocycles. The van der Waals surface area contributed by atoms with Gasteiger partial charge in [-0.2, -0.15) is 13.2 Å². The third kappa shape index (κ3) is 4.20. The molecule has 2 N–H and O–H groups in total. The number of hydrogen-bond donors (Lipinski definition) is 2. The van der Waals surface area contributed by atoms with Gasteiger partial charge >= 0.3 is 6.18 Å². The smallest absolute Gasteiger partial charge is 0.322 e. The Morgan fingerprint density at radius 2 is 1.73 bits per heavy atom. The zero-order chi connectivity index (χ0) is 19.7. The van der Waals surface area contributed by atoms with Gasteiger partial charge in [0, 0.05) is 11.3 Å². The third-order valence-electron chi connectivity index (χ3n) is 3.56. The fraction of sp³-hybridized carbons (Fsp3) is 0.188. The first-order valence-corrected chi connectivity index (χ1v) is 8.66.